The van der Waals surface area contributed by atoms with Crippen molar-refractivity contribution in [2.24, 2.45) is 0 Å². The van der Waals surface area contributed by atoms with Crippen molar-refractivity contribution in [3.05, 3.63) is 67.6 Å². The van der Waals surface area contributed by atoms with Crippen LogP contribution in [-0.2, 0) is 0 Å². The molecule has 0 aliphatic heterocycles. The highest BCUT2D eigenvalue weighted by Crippen LogP contribution is 2.39. The number of hydrogen-bond acceptors (Lipinski definition) is 1. The van der Waals surface area contributed by atoms with Crippen LogP contribution >= 0.6 is 43.6 Å². The molecule has 0 aromatic heterocycles. The summed E-state index contributed by atoms with van der Waals surface area (Å²) in [6.07, 6.45) is 11.0. The smallest absolute Gasteiger partial charge is 0.0211 e. The highest BCUT2D eigenvalue weighted by molar-refractivity contribution is 9.10. The maximum Gasteiger partial charge on any atom is 0.0211 e. The molecule has 0 heterocycles. The van der Waals surface area contributed by atoms with Gasteiger partial charge in [0.05, 0.1) is 0 Å². The first kappa shape index (κ1) is 20.5. The SMILES string of the molecule is CCC=Cc1c(Sc2ccc(Br)c(C)c2C=CCC)ccc(Br)c1C. The fourth-order valence-electron chi connectivity index (χ4n) is 2.54. The van der Waals surface area contributed by atoms with E-state index in [0.29, 0.717) is 0 Å². The second-order valence-corrected chi connectivity index (χ2v) is 8.68. The molecular weight excluding hydrogens is 456 g/mol. The van der Waals surface area contributed by atoms with Crippen molar-refractivity contribution >= 4 is 55.8 Å². The molecule has 0 bridgehead atoms. The van der Waals surface area contributed by atoms with Crippen LogP contribution in [0.1, 0.15) is 48.9 Å². The standard InChI is InChI=1S/C22H24Br2S/c1-5-7-9-17-15(3)19(23)11-13-21(17)25-22-14-12-20(24)16(4)18(22)10-8-6-2/h7-14H,5-6H2,1-4H3. The maximum atomic E-state index is 3.67. The van der Waals surface area contributed by atoms with Crippen molar-refractivity contribution in [1.82, 2.24) is 0 Å². The van der Waals surface area contributed by atoms with Gasteiger partial charge in [-0.15, -0.1) is 0 Å². The zero-order valence-electron chi connectivity index (χ0n) is 15.2. The molecule has 0 aliphatic rings. The van der Waals surface area contributed by atoms with E-state index in [2.05, 4.69) is 108 Å². The number of rotatable bonds is 6. The van der Waals surface area contributed by atoms with E-state index in [1.165, 1.54) is 32.0 Å². The first-order valence-electron chi connectivity index (χ1n) is 8.58. The lowest BCUT2D eigenvalue weighted by Gasteiger charge is -2.14. The Morgan fingerprint density at radius 3 is 1.52 bits per heavy atom. The Hall–Kier alpha value is -0.770. The minimum Gasteiger partial charge on any atom is -0.0888 e. The minimum absolute atomic E-state index is 1.04. The zero-order chi connectivity index (χ0) is 18.4. The summed E-state index contributed by atoms with van der Waals surface area (Å²) in [6, 6.07) is 8.71. The van der Waals surface area contributed by atoms with Crippen LogP contribution in [0.25, 0.3) is 12.2 Å². The van der Waals surface area contributed by atoms with Gasteiger partial charge in [-0.2, -0.15) is 0 Å². The van der Waals surface area contributed by atoms with Gasteiger partial charge in [-0.1, -0.05) is 81.8 Å². The second-order valence-electron chi connectivity index (χ2n) is 5.89. The average molecular weight is 480 g/mol. The van der Waals surface area contributed by atoms with Gasteiger partial charge in [0.2, 0.25) is 0 Å². The Bertz CT molecular complexity index is 737. The predicted molar refractivity (Wildman–Crippen MR) is 121 cm³/mol. The molecule has 0 nitrogen and oxygen atoms in total. The van der Waals surface area contributed by atoms with Crippen molar-refractivity contribution in [1.29, 1.82) is 0 Å². The third-order valence-corrected chi connectivity index (χ3v) is 6.95. The number of hydrogen-bond donors (Lipinski definition) is 0. The molecule has 0 amide bonds. The topological polar surface area (TPSA) is 0 Å². The fraction of sp³-hybridized carbons (Fsp3) is 0.273. The molecule has 0 aliphatic carbocycles. The molecule has 0 spiro atoms. The molecule has 132 valence electrons. The first-order valence-corrected chi connectivity index (χ1v) is 11.0. The van der Waals surface area contributed by atoms with Crippen LogP contribution in [0.2, 0.25) is 0 Å². The fourth-order valence-corrected chi connectivity index (χ4v) is 4.40. The van der Waals surface area contributed by atoms with Crippen LogP contribution in [-0.4, -0.2) is 0 Å². The van der Waals surface area contributed by atoms with Gasteiger partial charge in [-0.05, 0) is 73.2 Å². The van der Waals surface area contributed by atoms with Gasteiger partial charge in [0, 0.05) is 18.7 Å². The molecule has 25 heavy (non-hydrogen) atoms. The van der Waals surface area contributed by atoms with Crippen molar-refractivity contribution < 1.29 is 0 Å². The summed E-state index contributed by atoms with van der Waals surface area (Å²) in [5.41, 5.74) is 5.17. The molecule has 0 radical (unpaired) electrons. The third-order valence-electron chi connectivity index (χ3n) is 4.08. The molecule has 0 saturated heterocycles. The Morgan fingerprint density at radius 2 is 1.16 bits per heavy atom. The Morgan fingerprint density at radius 1 is 0.760 bits per heavy atom. The predicted octanol–water partition coefficient (Wildman–Crippen LogP) is 8.83. The summed E-state index contributed by atoms with van der Waals surface area (Å²) in [7, 11) is 0. The minimum atomic E-state index is 1.04. The molecule has 2 aromatic rings. The van der Waals surface area contributed by atoms with Crippen molar-refractivity contribution in [2.45, 2.75) is 50.3 Å². The summed E-state index contributed by atoms with van der Waals surface area (Å²) in [5, 5.41) is 0. The Labute approximate surface area is 173 Å². The Balaban J connectivity index is 2.53. The third kappa shape index (κ3) is 5.12. The molecular formula is C22H24Br2S. The summed E-state index contributed by atoms with van der Waals surface area (Å²) < 4.78 is 2.32. The molecule has 0 unspecified atom stereocenters. The van der Waals surface area contributed by atoms with Gasteiger partial charge in [0.1, 0.15) is 0 Å². The quantitative estimate of drug-likeness (QED) is 0.398. The van der Waals surface area contributed by atoms with Gasteiger partial charge >= 0.3 is 0 Å². The normalized spacial score (nSPS) is 11.8. The number of halogens is 2. The average Bonchev–Trinajstić information content (AvgIpc) is 2.60. The first-order chi connectivity index (χ1) is 12.0. The molecule has 0 N–H and O–H groups in total. The zero-order valence-corrected chi connectivity index (χ0v) is 19.2. The van der Waals surface area contributed by atoms with E-state index in [0.717, 1.165) is 21.8 Å². The maximum absolute atomic E-state index is 3.67. The van der Waals surface area contributed by atoms with E-state index >= 15 is 0 Å². The van der Waals surface area contributed by atoms with Gasteiger partial charge < -0.3 is 0 Å². The summed E-state index contributed by atoms with van der Waals surface area (Å²) in [5.74, 6) is 0. The highest BCUT2D eigenvalue weighted by Gasteiger charge is 2.12. The number of allylic oxidation sites excluding steroid dienone is 2. The van der Waals surface area contributed by atoms with E-state index < -0.39 is 0 Å². The molecule has 2 aromatic carbocycles. The van der Waals surface area contributed by atoms with Crippen LogP contribution in [0.4, 0.5) is 0 Å². The van der Waals surface area contributed by atoms with E-state index in [1.807, 2.05) is 11.8 Å². The molecule has 0 fully saturated rings. The summed E-state index contributed by atoms with van der Waals surface area (Å²) in [6.45, 7) is 8.69. The van der Waals surface area contributed by atoms with E-state index in [1.54, 1.807) is 0 Å². The number of benzene rings is 2. The van der Waals surface area contributed by atoms with Crippen molar-refractivity contribution in [3.63, 3.8) is 0 Å². The van der Waals surface area contributed by atoms with Crippen LogP contribution < -0.4 is 0 Å². The van der Waals surface area contributed by atoms with E-state index in [4.69, 9.17) is 0 Å². The summed E-state index contributed by atoms with van der Waals surface area (Å²) >= 11 is 9.18. The van der Waals surface area contributed by atoms with Crippen LogP contribution in [0.3, 0.4) is 0 Å². The van der Waals surface area contributed by atoms with E-state index in [-0.39, 0.29) is 0 Å². The summed E-state index contributed by atoms with van der Waals surface area (Å²) in [4.78, 5) is 2.58. The lowest BCUT2D eigenvalue weighted by atomic mass is 10.1. The van der Waals surface area contributed by atoms with Gasteiger partial charge in [-0.3, -0.25) is 0 Å². The van der Waals surface area contributed by atoms with Gasteiger partial charge in [0.15, 0.2) is 0 Å². The van der Waals surface area contributed by atoms with Gasteiger partial charge in [0.25, 0.3) is 0 Å². The monoisotopic (exact) mass is 478 g/mol. The van der Waals surface area contributed by atoms with Gasteiger partial charge in [-0.25, -0.2) is 0 Å². The Kier molecular flexibility index (Phi) is 8.05. The lowest BCUT2D eigenvalue weighted by molar-refractivity contribution is 1.22. The molecule has 0 atom stereocenters. The molecule has 2 rings (SSSR count). The van der Waals surface area contributed by atoms with Crippen LogP contribution in [0.15, 0.2) is 55.2 Å². The highest BCUT2D eigenvalue weighted by atomic mass is 79.9. The second kappa shape index (κ2) is 9.80. The lowest BCUT2D eigenvalue weighted by Crippen LogP contribution is -1.91. The van der Waals surface area contributed by atoms with Crippen LogP contribution in [0, 0.1) is 13.8 Å². The molecule has 0 saturated carbocycles. The molecule has 3 heteroatoms. The largest absolute Gasteiger partial charge is 0.0888 e. The van der Waals surface area contributed by atoms with Crippen LogP contribution in [0.5, 0.6) is 0 Å². The van der Waals surface area contributed by atoms with E-state index in [9.17, 15) is 0 Å². The van der Waals surface area contributed by atoms with Crippen molar-refractivity contribution in [2.75, 3.05) is 0 Å². The van der Waals surface area contributed by atoms with Crippen molar-refractivity contribution in [3.8, 4) is 0 Å².